The van der Waals surface area contributed by atoms with Crippen LogP contribution in [-0.2, 0) is 16.4 Å². The maximum atomic E-state index is 11.4. The fourth-order valence-corrected chi connectivity index (χ4v) is 5.54. The van der Waals surface area contributed by atoms with E-state index in [9.17, 15) is 8.42 Å². The lowest BCUT2D eigenvalue weighted by molar-refractivity contribution is 0.355. The summed E-state index contributed by atoms with van der Waals surface area (Å²) < 4.78 is 28.0. The summed E-state index contributed by atoms with van der Waals surface area (Å²) in [5, 5.41) is 7.59. The number of aromatic nitrogens is 2. The molecule has 8 heteroatoms. The van der Waals surface area contributed by atoms with Gasteiger partial charge in [-0.3, -0.25) is 0 Å². The quantitative estimate of drug-likeness (QED) is 0.896. The maximum Gasteiger partial charge on any atom is 0.240 e. The fraction of sp³-hybridized carbons (Fsp3) is 0.833. The summed E-state index contributed by atoms with van der Waals surface area (Å²) in [4.78, 5) is 4.42. The molecule has 112 valence electrons. The highest BCUT2D eigenvalue weighted by molar-refractivity contribution is 7.99. The second-order valence-corrected chi connectivity index (χ2v) is 8.92. The van der Waals surface area contributed by atoms with Crippen LogP contribution in [0.4, 0.5) is 0 Å². The number of thioether (sulfide) groups is 1. The normalized spacial score (nSPS) is 29.6. The maximum absolute atomic E-state index is 11.4. The van der Waals surface area contributed by atoms with E-state index in [1.807, 2.05) is 11.8 Å². The van der Waals surface area contributed by atoms with Gasteiger partial charge in [-0.05, 0) is 25.0 Å². The van der Waals surface area contributed by atoms with Gasteiger partial charge >= 0.3 is 0 Å². The Bertz CT molecular complexity index is 552. The number of sulfone groups is 1. The van der Waals surface area contributed by atoms with E-state index in [2.05, 4.69) is 15.5 Å². The second-order valence-electron chi connectivity index (χ2n) is 5.38. The molecule has 20 heavy (non-hydrogen) atoms. The van der Waals surface area contributed by atoms with Crippen molar-refractivity contribution in [2.75, 3.05) is 17.3 Å². The Morgan fingerprint density at radius 2 is 2.25 bits per heavy atom. The van der Waals surface area contributed by atoms with Gasteiger partial charge in [0.1, 0.15) is 0 Å². The van der Waals surface area contributed by atoms with Crippen molar-refractivity contribution in [1.29, 1.82) is 0 Å². The van der Waals surface area contributed by atoms with Crippen molar-refractivity contribution in [3.63, 3.8) is 0 Å². The molecule has 1 aromatic rings. The number of nitrogens with zero attached hydrogens (tertiary/aromatic N) is 2. The van der Waals surface area contributed by atoms with E-state index < -0.39 is 9.84 Å². The highest BCUT2D eigenvalue weighted by Crippen LogP contribution is 2.36. The molecule has 2 atom stereocenters. The van der Waals surface area contributed by atoms with E-state index in [-0.39, 0.29) is 17.5 Å². The summed E-state index contributed by atoms with van der Waals surface area (Å²) in [5.74, 6) is 2.98. The van der Waals surface area contributed by atoms with E-state index in [0.29, 0.717) is 24.1 Å². The first-order valence-electron chi connectivity index (χ1n) is 7.00. The number of rotatable bonds is 4. The smallest absolute Gasteiger partial charge is 0.240 e. The zero-order chi connectivity index (χ0) is 14.0. The van der Waals surface area contributed by atoms with Crippen LogP contribution in [-0.4, -0.2) is 41.9 Å². The lowest BCUT2D eigenvalue weighted by atomic mass is 10.2. The number of hydrogen-bond acceptors (Lipinski definition) is 7. The summed E-state index contributed by atoms with van der Waals surface area (Å²) in [7, 11) is -2.84. The van der Waals surface area contributed by atoms with Crippen LogP contribution in [0.25, 0.3) is 0 Å². The number of nitrogens with one attached hydrogen (secondary N) is 1. The Balaban J connectivity index is 1.52. The van der Waals surface area contributed by atoms with Crippen LogP contribution < -0.4 is 5.32 Å². The third-order valence-electron chi connectivity index (χ3n) is 3.73. The lowest BCUT2D eigenvalue weighted by Crippen LogP contribution is -2.29. The molecule has 2 aliphatic rings. The molecule has 2 aliphatic heterocycles. The Kier molecular flexibility index (Phi) is 4.32. The van der Waals surface area contributed by atoms with Gasteiger partial charge in [-0.15, -0.1) is 0 Å². The summed E-state index contributed by atoms with van der Waals surface area (Å²) >= 11 is 1.89. The van der Waals surface area contributed by atoms with Gasteiger partial charge in [-0.2, -0.15) is 16.7 Å². The van der Waals surface area contributed by atoms with Crippen LogP contribution in [0.2, 0.25) is 0 Å². The molecule has 3 heterocycles. The second kappa shape index (κ2) is 6.03. The molecular formula is C12H19N3O3S2. The first-order valence-corrected chi connectivity index (χ1v) is 9.87. The molecule has 0 spiro atoms. The van der Waals surface area contributed by atoms with Crippen molar-refractivity contribution in [3.8, 4) is 0 Å². The van der Waals surface area contributed by atoms with Crippen molar-refractivity contribution < 1.29 is 12.9 Å². The number of hydrogen-bond donors (Lipinski definition) is 1. The van der Waals surface area contributed by atoms with Gasteiger partial charge in [0.2, 0.25) is 5.89 Å². The Hall–Kier alpha value is -0.600. The molecule has 3 rings (SSSR count). The van der Waals surface area contributed by atoms with Gasteiger partial charge in [-0.25, -0.2) is 8.42 Å². The van der Waals surface area contributed by atoms with Crippen LogP contribution in [0.15, 0.2) is 4.52 Å². The Labute approximate surface area is 123 Å². The highest BCUT2D eigenvalue weighted by Gasteiger charge is 2.28. The molecule has 0 aromatic carbocycles. The molecule has 0 bridgehead atoms. The highest BCUT2D eigenvalue weighted by atomic mass is 32.2. The summed E-state index contributed by atoms with van der Waals surface area (Å²) in [5.41, 5.74) is 0. The van der Waals surface area contributed by atoms with Gasteiger partial charge in [-0.1, -0.05) is 11.6 Å². The molecule has 0 aliphatic carbocycles. The molecule has 2 fully saturated rings. The third kappa shape index (κ3) is 3.53. The molecule has 2 unspecified atom stereocenters. The largest absolute Gasteiger partial charge is 0.338 e. The van der Waals surface area contributed by atoms with E-state index in [1.165, 1.54) is 12.8 Å². The minimum Gasteiger partial charge on any atom is -0.338 e. The summed E-state index contributed by atoms with van der Waals surface area (Å²) in [6, 6.07) is 0.0133. The van der Waals surface area contributed by atoms with Crippen molar-refractivity contribution in [2.45, 2.75) is 43.5 Å². The Morgan fingerprint density at radius 3 is 2.95 bits per heavy atom. The van der Waals surface area contributed by atoms with Gasteiger partial charge < -0.3 is 9.84 Å². The van der Waals surface area contributed by atoms with E-state index in [0.717, 1.165) is 18.0 Å². The van der Waals surface area contributed by atoms with Gasteiger partial charge in [0.15, 0.2) is 15.7 Å². The van der Waals surface area contributed by atoms with E-state index in [4.69, 9.17) is 4.52 Å². The van der Waals surface area contributed by atoms with Crippen LogP contribution in [0.3, 0.4) is 0 Å². The summed E-state index contributed by atoms with van der Waals surface area (Å²) in [6.45, 7) is 0.449. The van der Waals surface area contributed by atoms with Crippen LogP contribution in [0, 0.1) is 0 Å². The zero-order valence-corrected chi connectivity index (χ0v) is 12.9. The molecule has 0 radical (unpaired) electrons. The van der Waals surface area contributed by atoms with Crippen molar-refractivity contribution in [1.82, 2.24) is 15.5 Å². The third-order valence-corrected chi connectivity index (χ3v) is 6.87. The summed E-state index contributed by atoms with van der Waals surface area (Å²) in [6.07, 6.45) is 4.27. The van der Waals surface area contributed by atoms with Crippen LogP contribution in [0.5, 0.6) is 0 Å². The standard InChI is InChI=1S/C12H19N3O3S2/c16-20(17)6-4-9(8-20)13-7-11-14-12(15-18-11)10-3-1-2-5-19-10/h9-10,13H,1-8H2. The fourth-order valence-electron chi connectivity index (χ4n) is 2.60. The van der Waals surface area contributed by atoms with Crippen molar-refractivity contribution in [3.05, 3.63) is 11.7 Å². The average molecular weight is 317 g/mol. The minimum atomic E-state index is -2.84. The van der Waals surface area contributed by atoms with Crippen LogP contribution >= 0.6 is 11.8 Å². The topological polar surface area (TPSA) is 85.1 Å². The van der Waals surface area contributed by atoms with Crippen molar-refractivity contribution in [2.24, 2.45) is 0 Å². The monoisotopic (exact) mass is 317 g/mol. The first kappa shape index (κ1) is 14.3. The predicted octanol–water partition coefficient (Wildman–Crippen LogP) is 1.30. The predicted molar refractivity (Wildman–Crippen MR) is 77.2 cm³/mol. The molecule has 0 saturated carbocycles. The van der Waals surface area contributed by atoms with Gasteiger partial charge in [0, 0.05) is 6.04 Å². The van der Waals surface area contributed by atoms with E-state index in [1.54, 1.807) is 0 Å². The van der Waals surface area contributed by atoms with Gasteiger partial charge in [0.25, 0.3) is 0 Å². The molecule has 2 saturated heterocycles. The molecule has 0 amide bonds. The average Bonchev–Trinajstić information content (AvgIpc) is 3.04. The molecular weight excluding hydrogens is 298 g/mol. The van der Waals surface area contributed by atoms with E-state index >= 15 is 0 Å². The van der Waals surface area contributed by atoms with Crippen LogP contribution in [0.1, 0.15) is 42.6 Å². The zero-order valence-electron chi connectivity index (χ0n) is 11.2. The first-order chi connectivity index (χ1) is 9.62. The lowest BCUT2D eigenvalue weighted by Gasteiger charge is -2.17. The van der Waals surface area contributed by atoms with Crippen molar-refractivity contribution >= 4 is 21.6 Å². The minimum absolute atomic E-state index is 0.0133. The SMILES string of the molecule is O=S1(=O)CCC(NCc2nc(C3CCCCS3)no2)C1. The molecule has 1 N–H and O–H groups in total. The molecule has 6 nitrogen and oxygen atoms in total. The molecule has 1 aromatic heterocycles. The Morgan fingerprint density at radius 1 is 1.35 bits per heavy atom. The van der Waals surface area contributed by atoms with Gasteiger partial charge in [0.05, 0.1) is 23.3 Å².